The second kappa shape index (κ2) is 5.10. The smallest absolute Gasteiger partial charge is 0.142 e. The van der Waals surface area contributed by atoms with E-state index in [0.717, 1.165) is 10.6 Å². The molecule has 1 aromatic carbocycles. The molecule has 0 bridgehead atoms. The highest BCUT2D eigenvalue weighted by molar-refractivity contribution is 7.09. The lowest BCUT2D eigenvalue weighted by molar-refractivity contribution is -0.117. The molecular formula is C13H13NO2S. The van der Waals surface area contributed by atoms with Crippen LogP contribution in [0.25, 0.3) is 0 Å². The number of nitrogens with zero attached hydrogens (tertiary/aromatic N) is 1. The van der Waals surface area contributed by atoms with Gasteiger partial charge in [0.15, 0.2) is 0 Å². The highest BCUT2D eigenvalue weighted by Gasteiger charge is 2.11. The predicted molar refractivity (Wildman–Crippen MR) is 67.4 cm³/mol. The van der Waals surface area contributed by atoms with E-state index in [-0.39, 0.29) is 18.0 Å². The van der Waals surface area contributed by atoms with E-state index in [4.69, 9.17) is 0 Å². The zero-order valence-corrected chi connectivity index (χ0v) is 10.3. The van der Waals surface area contributed by atoms with Crippen LogP contribution in [0.3, 0.4) is 0 Å². The van der Waals surface area contributed by atoms with E-state index in [1.165, 1.54) is 11.3 Å². The third kappa shape index (κ3) is 2.91. The van der Waals surface area contributed by atoms with Gasteiger partial charge in [0.25, 0.3) is 0 Å². The van der Waals surface area contributed by atoms with Crippen molar-refractivity contribution in [2.75, 3.05) is 0 Å². The topological polar surface area (TPSA) is 50.2 Å². The molecule has 0 aliphatic heterocycles. The highest BCUT2D eigenvalue weighted by Crippen LogP contribution is 2.18. The number of phenolic OH excluding ortho intramolecular Hbond substituents is 1. The van der Waals surface area contributed by atoms with Crippen LogP contribution in [0.1, 0.15) is 16.1 Å². The van der Waals surface area contributed by atoms with Crippen molar-refractivity contribution in [1.82, 2.24) is 4.98 Å². The molecule has 0 spiro atoms. The van der Waals surface area contributed by atoms with Gasteiger partial charge < -0.3 is 5.11 Å². The van der Waals surface area contributed by atoms with Gasteiger partial charge in [-0.3, -0.25) is 4.79 Å². The first-order chi connectivity index (χ1) is 8.16. The molecule has 1 heterocycles. The third-order valence-corrected chi connectivity index (χ3v) is 3.52. The molecule has 17 heavy (non-hydrogen) atoms. The minimum atomic E-state index is 0.0962. The van der Waals surface area contributed by atoms with E-state index in [9.17, 15) is 9.90 Å². The van der Waals surface area contributed by atoms with Gasteiger partial charge in [0.1, 0.15) is 11.5 Å². The quantitative estimate of drug-likeness (QED) is 0.903. The largest absolute Gasteiger partial charge is 0.508 e. The van der Waals surface area contributed by atoms with E-state index in [1.54, 1.807) is 23.7 Å². The van der Waals surface area contributed by atoms with Crippen LogP contribution >= 0.6 is 11.3 Å². The molecule has 0 aliphatic rings. The average Bonchev–Trinajstić information content (AvgIpc) is 2.68. The van der Waals surface area contributed by atoms with Gasteiger partial charge in [-0.05, 0) is 13.0 Å². The minimum Gasteiger partial charge on any atom is -0.508 e. The lowest BCUT2D eigenvalue weighted by atomic mass is 10.1. The molecule has 0 saturated carbocycles. The molecular weight excluding hydrogens is 234 g/mol. The zero-order chi connectivity index (χ0) is 12.3. The number of aryl methyl sites for hydroxylation is 1. The molecule has 0 fully saturated rings. The van der Waals surface area contributed by atoms with E-state index in [0.29, 0.717) is 12.0 Å². The van der Waals surface area contributed by atoms with Crippen LogP contribution in [-0.2, 0) is 17.6 Å². The van der Waals surface area contributed by atoms with Gasteiger partial charge >= 0.3 is 0 Å². The van der Waals surface area contributed by atoms with Crippen LogP contribution in [0.2, 0.25) is 0 Å². The Labute approximate surface area is 104 Å². The number of benzene rings is 1. The van der Waals surface area contributed by atoms with Crippen molar-refractivity contribution >= 4 is 17.1 Å². The van der Waals surface area contributed by atoms with Crippen molar-refractivity contribution in [3.05, 3.63) is 45.9 Å². The van der Waals surface area contributed by atoms with Crippen molar-refractivity contribution in [3.63, 3.8) is 0 Å². The molecule has 0 atom stereocenters. The summed E-state index contributed by atoms with van der Waals surface area (Å²) in [6.07, 6.45) is 0.662. The van der Waals surface area contributed by atoms with Crippen molar-refractivity contribution in [2.45, 2.75) is 19.8 Å². The van der Waals surface area contributed by atoms with Gasteiger partial charge in [-0.2, -0.15) is 0 Å². The van der Waals surface area contributed by atoms with Crippen molar-refractivity contribution < 1.29 is 9.90 Å². The average molecular weight is 247 g/mol. The fraction of sp³-hybridized carbons (Fsp3) is 0.231. The molecule has 0 aliphatic carbocycles. The van der Waals surface area contributed by atoms with E-state index in [2.05, 4.69) is 4.98 Å². The fourth-order valence-electron chi connectivity index (χ4n) is 1.61. The van der Waals surface area contributed by atoms with Gasteiger partial charge in [0.2, 0.25) is 0 Å². The summed E-state index contributed by atoms with van der Waals surface area (Å²) in [5.74, 6) is 0.278. The van der Waals surface area contributed by atoms with Crippen molar-refractivity contribution in [2.24, 2.45) is 0 Å². The first-order valence-electron chi connectivity index (χ1n) is 5.34. The Morgan fingerprint density at radius 1 is 1.35 bits per heavy atom. The van der Waals surface area contributed by atoms with Crippen LogP contribution in [0.15, 0.2) is 29.8 Å². The maximum absolute atomic E-state index is 11.9. The first-order valence-corrected chi connectivity index (χ1v) is 6.22. The van der Waals surface area contributed by atoms with Gasteiger partial charge in [-0.25, -0.2) is 4.98 Å². The molecule has 2 rings (SSSR count). The third-order valence-electron chi connectivity index (χ3n) is 2.58. The van der Waals surface area contributed by atoms with Gasteiger partial charge in [-0.1, -0.05) is 18.2 Å². The summed E-state index contributed by atoms with van der Waals surface area (Å²) in [6, 6.07) is 6.93. The minimum absolute atomic E-state index is 0.0962. The van der Waals surface area contributed by atoms with E-state index < -0.39 is 0 Å². The summed E-state index contributed by atoms with van der Waals surface area (Å²) in [5, 5.41) is 9.58. The zero-order valence-electron chi connectivity index (χ0n) is 9.51. The first kappa shape index (κ1) is 11.8. The second-order valence-electron chi connectivity index (χ2n) is 3.88. The Morgan fingerprint density at radius 3 is 2.76 bits per heavy atom. The van der Waals surface area contributed by atoms with Gasteiger partial charge in [-0.15, -0.1) is 11.3 Å². The van der Waals surface area contributed by atoms with Gasteiger partial charge in [0, 0.05) is 23.3 Å². The molecule has 2 aromatic rings. The SMILES string of the molecule is Cc1ncsc1CC(=O)Cc1ccccc1O. The number of rotatable bonds is 4. The number of ketones is 1. The highest BCUT2D eigenvalue weighted by atomic mass is 32.1. The van der Waals surface area contributed by atoms with Crippen LogP contribution in [0.4, 0.5) is 0 Å². The summed E-state index contributed by atoms with van der Waals surface area (Å²) in [5.41, 5.74) is 3.35. The number of phenols is 1. The number of hydrogen-bond donors (Lipinski definition) is 1. The number of Topliss-reactive ketones (excluding diaryl/α,β-unsaturated/α-hetero) is 1. The van der Waals surface area contributed by atoms with E-state index >= 15 is 0 Å². The summed E-state index contributed by atoms with van der Waals surface area (Å²) >= 11 is 1.50. The molecule has 0 saturated heterocycles. The Bertz CT molecular complexity index is 534. The Hall–Kier alpha value is -1.68. The summed E-state index contributed by atoms with van der Waals surface area (Å²) < 4.78 is 0. The molecule has 88 valence electrons. The number of para-hydroxylation sites is 1. The fourth-order valence-corrected chi connectivity index (χ4v) is 2.42. The number of carbonyl (C=O) groups excluding carboxylic acids is 1. The van der Waals surface area contributed by atoms with Crippen LogP contribution < -0.4 is 0 Å². The Kier molecular flexibility index (Phi) is 3.54. The number of aromatic nitrogens is 1. The number of carbonyl (C=O) groups is 1. The molecule has 1 N–H and O–H groups in total. The predicted octanol–water partition coefficient (Wildman–Crippen LogP) is 2.51. The summed E-state index contributed by atoms with van der Waals surface area (Å²) in [6.45, 7) is 1.90. The van der Waals surface area contributed by atoms with Crippen LogP contribution in [-0.4, -0.2) is 15.9 Å². The maximum Gasteiger partial charge on any atom is 0.142 e. The van der Waals surface area contributed by atoms with E-state index in [1.807, 2.05) is 13.0 Å². The lowest BCUT2D eigenvalue weighted by Gasteiger charge is -2.03. The summed E-state index contributed by atoms with van der Waals surface area (Å²) in [4.78, 5) is 17.0. The monoisotopic (exact) mass is 247 g/mol. The van der Waals surface area contributed by atoms with Crippen LogP contribution in [0, 0.1) is 6.92 Å². The molecule has 1 aromatic heterocycles. The van der Waals surface area contributed by atoms with Crippen molar-refractivity contribution in [1.29, 1.82) is 0 Å². The normalized spacial score (nSPS) is 10.4. The van der Waals surface area contributed by atoms with Crippen molar-refractivity contribution in [3.8, 4) is 5.75 Å². The number of hydrogen-bond acceptors (Lipinski definition) is 4. The molecule has 4 heteroatoms. The van der Waals surface area contributed by atoms with Gasteiger partial charge in [0.05, 0.1) is 11.2 Å². The Balaban J connectivity index is 2.03. The molecule has 0 amide bonds. The molecule has 0 radical (unpaired) electrons. The maximum atomic E-state index is 11.9. The molecule has 0 unspecified atom stereocenters. The number of thiazole rings is 1. The summed E-state index contributed by atoms with van der Waals surface area (Å²) in [7, 11) is 0. The Morgan fingerprint density at radius 2 is 2.12 bits per heavy atom. The standard InChI is InChI=1S/C13H13NO2S/c1-9-13(17-8-14-9)7-11(15)6-10-4-2-3-5-12(10)16/h2-5,8,16H,6-7H2,1H3. The number of aromatic hydroxyl groups is 1. The van der Waals surface area contributed by atoms with Crippen LogP contribution in [0.5, 0.6) is 5.75 Å². The molecule has 3 nitrogen and oxygen atoms in total. The lowest BCUT2D eigenvalue weighted by Crippen LogP contribution is -2.06. The second-order valence-corrected chi connectivity index (χ2v) is 4.82.